The molecule has 0 saturated heterocycles. The van der Waals surface area contributed by atoms with E-state index in [0.29, 0.717) is 11.5 Å². The highest BCUT2D eigenvalue weighted by Crippen LogP contribution is 2.19. The first kappa shape index (κ1) is 18.3. The summed E-state index contributed by atoms with van der Waals surface area (Å²) < 4.78 is 15.3. The zero-order valence-electron chi connectivity index (χ0n) is 14.4. The number of benzene rings is 2. The number of nitrogens with one attached hydrogen (secondary N) is 1. The zero-order chi connectivity index (χ0) is 18.2. The van der Waals surface area contributed by atoms with Crippen molar-refractivity contribution in [2.75, 3.05) is 20.8 Å². The summed E-state index contributed by atoms with van der Waals surface area (Å²) in [6.45, 7) is 1.47. The number of carbonyl (C=O) groups excluding carboxylic acids is 2. The summed E-state index contributed by atoms with van der Waals surface area (Å²) in [6.07, 6.45) is 0. The summed E-state index contributed by atoms with van der Waals surface area (Å²) in [5.74, 6) is 0.110. The topological polar surface area (TPSA) is 73.9 Å². The summed E-state index contributed by atoms with van der Waals surface area (Å²) in [5.41, 5.74) is 1.17. The quantitative estimate of drug-likeness (QED) is 0.783. The second-order valence-electron chi connectivity index (χ2n) is 5.34. The third-order valence-electron chi connectivity index (χ3n) is 3.63. The Balaban J connectivity index is 1.90. The molecule has 0 aromatic heterocycles. The molecular formula is C19H21NO5. The largest absolute Gasteiger partial charge is 0.497 e. The number of amides is 1. The molecular weight excluding hydrogens is 322 g/mol. The first-order valence-corrected chi connectivity index (χ1v) is 7.78. The molecule has 0 saturated carbocycles. The van der Waals surface area contributed by atoms with Crippen LogP contribution in [0.15, 0.2) is 48.5 Å². The normalized spacial score (nSPS) is 11.3. The molecule has 0 aliphatic heterocycles. The third kappa shape index (κ3) is 4.97. The van der Waals surface area contributed by atoms with Gasteiger partial charge in [0, 0.05) is 0 Å². The lowest BCUT2D eigenvalue weighted by Crippen LogP contribution is -2.31. The van der Waals surface area contributed by atoms with Crippen molar-refractivity contribution < 1.29 is 23.8 Å². The Hall–Kier alpha value is -3.02. The number of esters is 1. The molecule has 0 fully saturated rings. The molecule has 1 N–H and O–H groups in total. The third-order valence-corrected chi connectivity index (χ3v) is 3.63. The Labute approximate surface area is 146 Å². The Morgan fingerprint density at radius 2 is 1.80 bits per heavy atom. The van der Waals surface area contributed by atoms with Gasteiger partial charge in [0.1, 0.15) is 17.1 Å². The maximum absolute atomic E-state index is 12.1. The summed E-state index contributed by atoms with van der Waals surface area (Å²) in [7, 11) is 3.05. The van der Waals surface area contributed by atoms with E-state index in [9.17, 15) is 9.59 Å². The molecule has 1 atom stereocenters. The highest BCUT2D eigenvalue weighted by molar-refractivity contribution is 5.94. The second-order valence-corrected chi connectivity index (χ2v) is 5.34. The predicted octanol–water partition coefficient (Wildman–Crippen LogP) is 2.74. The van der Waals surface area contributed by atoms with E-state index >= 15 is 0 Å². The molecule has 0 aliphatic carbocycles. The van der Waals surface area contributed by atoms with E-state index in [1.165, 1.54) is 7.11 Å². The van der Waals surface area contributed by atoms with Gasteiger partial charge in [0.05, 0.1) is 20.3 Å². The molecule has 0 radical (unpaired) electrons. The maximum Gasteiger partial charge on any atom is 0.342 e. The van der Waals surface area contributed by atoms with Gasteiger partial charge in [-0.05, 0) is 36.8 Å². The van der Waals surface area contributed by atoms with Crippen molar-refractivity contribution in [3.63, 3.8) is 0 Å². The van der Waals surface area contributed by atoms with E-state index in [4.69, 9.17) is 14.2 Å². The van der Waals surface area contributed by atoms with Gasteiger partial charge in [-0.1, -0.05) is 24.3 Å². The van der Waals surface area contributed by atoms with Crippen molar-refractivity contribution in [2.24, 2.45) is 0 Å². The standard InChI is InChI=1S/C19H21NO5/c1-13(14-7-6-8-15(11-14)23-2)20-18(21)12-25-19(22)16-9-4-5-10-17(16)24-3/h4-11,13H,12H2,1-3H3,(H,20,21)/t13-/m0/s1. The van der Waals surface area contributed by atoms with Crippen LogP contribution in [0.4, 0.5) is 0 Å². The van der Waals surface area contributed by atoms with Gasteiger partial charge in [-0.3, -0.25) is 4.79 Å². The number of ether oxygens (including phenoxy) is 3. The van der Waals surface area contributed by atoms with Gasteiger partial charge in [0.2, 0.25) is 0 Å². The van der Waals surface area contributed by atoms with Gasteiger partial charge in [0.15, 0.2) is 6.61 Å². The van der Waals surface area contributed by atoms with Crippen LogP contribution in [0.1, 0.15) is 28.9 Å². The summed E-state index contributed by atoms with van der Waals surface area (Å²) in [4.78, 5) is 24.1. The molecule has 25 heavy (non-hydrogen) atoms. The highest BCUT2D eigenvalue weighted by Gasteiger charge is 2.16. The zero-order valence-corrected chi connectivity index (χ0v) is 14.4. The molecule has 2 rings (SSSR count). The average Bonchev–Trinajstić information content (AvgIpc) is 2.66. The molecule has 0 unspecified atom stereocenters. The van der Waals surface area contributed by atoms with Crippen molar-refractivity contribution in [1.82, 2.24) is 5.32 Å². The summed E-state index contributed by atoms with van der Waals surface area (Å²) in [6, 6.07) is 13.8. The predicted molar refractivity (Wildman–Crippen MR) is 92.8 cm³/mol. The van der Waals surface area contributed by atoms with Gasteiger partial charge < -0.3 is 19.5 Å². The number of methoxy groups -OCH3 is 2. The minimum absolute atomic E-state index is 0.243. The van der Waals surface area contributed by atoms with Crippen LogP contribution in [0.2, 0.25) is 0 Å². The number of para-hydroxylation sites is 1. The Morgan fingerprint density at radius 1 is 1.04 bits per heavy atom. The fourth-order valence-electron chi connectivity index (χ4n) is 2.30. The average molecular weight is 343 g/mol. The fraction of sp³-hybridized carbons (Fsp3) is 0.263. The van der Waals surface area contributed by atoms with E-state index in [2.05, 4.69) is 5.32 Å². The van der Waals surface area contributed by atoms with Gasteiger partial charge in [-0.2, -0.15) is 0 Å². The van der Waals surface area contributed by atoms with E-state index in [-0.39, 0.29) is 18.2 Å². The Morgan fingerprint density at radius 3 is 2.52 bits per heavy atom. The highest BCUT2D eigenvalue weighted by atomic mass is 16.5. The SMILES string of the molecule is COc1cccc([C@H](C)NC(=O)COC(=O)c2ccccc2OC)c1. The smallest absolute Gasteiger partial charge is 0.342 e. The lowest BCUT2D eigenvalue weighted by atomic mass is 10.1. The molecule has 1 amide bonds. The summed E-state index contributed by atoms with van der Waals surface area (Å²) >= 11 is 0. The lowest BCUT2D eigenvalue weighted by molar-refractivity contribution is -0.124. The maximum atomic E-state index is 12.1. The van der Waals surface area contributed by atoms with Crippen LogP contribution in [-0.4, -0.2) is 32.7 Å². The van der Waals surface area contributed by atoms with E-state index in [1.807, 2.05) is 31.2 Å². The molecule has 0 aliphatic rings. The van der Waals surface area contributed by atoms with E-state index in [1.54, 1.807) is 31.4 Å². The first-order chi connectivity index (χ1) is 12.0. The van der Waals surface area contributed by atoms with E-state index < -0.39 is 11.9 Å². The van der Waals surface area contributed by atoms with E-state index in [0.717, 1.165) is 5.56 Å². The minimum atomic E-state index is -0.610. The molecule has 6 heteroatoms. The van der Waals surface area contributed by atoms with Crippen molar-refractivity contribution >= 4 is 11.9 Å². The molecule has 2 aromatic rings. The second kappa shape index (κ2) is 8.73. The van der Waals surface area contributed by atoms with Gasteiger partial charge in [-0.15, -0.1) is 0 Å². The van der Waals surface area contributed by atoms with Crippen molar-refractivity contribution in [3.05, 3.63) is 59.7 Å². The van der Waals surface area contributed by atoms with Gasteiger partial charge in [0.25, 0.3) is 5.91 Å². The van der Waals surface area contributed by atoms with Gasteiger partial charge >= 0.3 is 5.97 Å². The first-order valence-electron chi connectivity index (χ1n) is 7.78. The molecule has 0 heterocycles. The monoisotopic (exact) mass is 343 g/mol. The lowest BCUT2D eigenvalue weighted by Gasteiger charge is -2.15. The van der Waals surface area contributed by atoms with Crippen molar-refractivity contribution in [2.45, 2.75) is 13.0 Å². The van der Waals surface area contributed by atoms with Crippen molar-refractivity contribution in [1.29, 1.82) is 0 Å². The number of hydrogen-bond acceptors (Lipinski definition) is 5. The van der Waals surface area contributed by atoms with Crippen LogP contribution in [-0.2, 0) is 9.53 Å². The van der Waals surface area contributed by atoms with Gasteiger partial charge in [-0.25, -0.2) is 4.79 Å². The fourth-order valence-corrected chi connectivity index (χ4v) is 2.30. The molecule has 132 valence electrons. The van der Waals surface area contributed by atoms with Crippen LogP contribution in [0, 0.1) is 0 Å². The molecule has 2 aromatic carbocycles. The van der Waals surface area contributed by atoms with Crippen LogP contribution in [0.25, 0.3) is 0 Å². The molecule has 0 bridgehead atoms. The Kier molecular flexibility index (Phi) is 6.39. The summed E-state index contributed by atoms with van der Waals surface area (Å²) in [5, 5.41) is 2.78. The van der Waals surface area contributed by atoms with Crippen molar-refractivity contribution in [3.8, 4) is 11.5 Å². The molecule has 6 nitrogen and oxygen atoms in total. The van der Waals surface area contributed by atoms with Crippen LogP contribution < -0.4 is 14.8 Å². The minimum Gasteiger partial charge on any atom is -0.497 e. The number of rotatable bonds is 7. The van der Waals surface area contributed by atoms with Crippen LogP contribution >= 0.6 is 0 Å². The Bertz CT molecular complexity index is 744. The van der Waals surface area contributed by atoms with Crippen LogP contribution in [0.5, 0.6) is 11.5 Å². The number of carbonyl (C=O) groups is 2. The van der Waals surface area contributed by atoms with Crippen LogP contribution in [0.3, 0.4) is 0 Å². The number of hydrogen-bond donors (Lipinski definition) is 1. The molecule has 0 spiro atoms.